The Morgan fingerprint density at radius 2 is 1.78 bits per heavy atom. The van der Waals surface area contributed by atoms with Crippen molar-refractivity contribution in [2.24, 2.45) is 0 Å². The number of carbonyl (C=O) groups excluding carboxylic acids is 1. The van der Waals surface area contributed by atoms with E-state index in [1.165, 1.54) is 18.2 Å². The highest BCUT2D eigenvalue weighted by Gasteiger charge is 2.51. The van der Waals surface area contributed by atoms with E-state index in [0.717, 1.165) is 5.56 Å². The number of benzene rings is 2. The quantitative estimate of drug-likeness (QED) is 0.704. The maximum Gasteiger partial charge on any atom is 0.329 e. The molecule has 0 spiro atoms. The third kappa shape index (κ3) is 3.95. The Labute approximate surface area is 157 Å². The molecule has 3 N–H and O–H groups in total. The molecule has 27 heavy (non-hydrogen) atoms. The molecule has 0 unspecified atom stereocenters. The zero-order valence-corrected chi connectivity index (χ0v) is 15.8. The molecule has 1 fully saturated rings. The Kier molecular flexibility index (Phi) is 4.69. The van der Waals surface area contributed by atoms with E-state index in [4.69, 9.17) is 0 Å². The zero-order chi connectivity index (χ0) is 19.8. The fourth-order valence-electron chi connectivity index (χ4n) is 2.76. The Morgan fingerprint density at radius 1 is 1.07 bits per heavy atom. The van der Waals surface area contributed by atoms with E-state index in [2.05, 4.69) is 10.0 Å². The van der Waals surface area contributed by atoms with Crippen LogP contribution in [0.2, 0.25) is 0 Å². The number of rotatable bonds is 6. The molecule has 0 saturated heterocycles. The van der Waals surface area contributed by atoms with Crippen LogP contribution in [0.15, 0.2) is 47.4 Å². The van der Waals surface area contributed by atoms with Gasteiger partial charge in [0.25, 0.3) is 15.9 Å². The first-order valence-electron chi connectivity index (χ1n) is 8.39. The fourth-order valence-corrected chi connectivity index (χ4v) is 4.08. The summed E-state index contributed by atoms with van der Waals surface area (Å²) < 4.78 is 28.1. The Balaban J connectivity index is 1.88. The third-order valence-electron chi connectivity index (χ3n) is 4.52. The van der Waals surface area contributed by atoms with Crippen molar-refractivity contribution in [1.29, 1.82) is 0 Å². The van der Waals surface area contributed by atoms with E-state index in [1.54, 1.807) is 25.1 Å². The number of aliphatic carboxylic acids is 1. The minimum Gasteiger partial charge on any atom is -0.480 e. The van der Waals surface area contributed by atoms with Crippen molar-refractivity contribution in [2.75, 3.05) is 4.72 Å². The molecule has 0 atom stereocenters. The van der Waals surface area contributed by atoms with Crippen LogP contribution in [0, 0.1) is 13.8 Å². The lowest BCUT2D eigenvalue weighted by Gasteiger charge is -2.15. The maximum atomic E-state index is 12.8. The van der Waals surface area contributed by atoms with E-state index in [-0.39, 0.29) is 10.5 Å². The van der Waals surface area contributed by atoms with E-state index < -0.39 is 27.4 Å². The van der Waals surface area contributed by atoms with Gasteiger partial charge >= 0.3 is 5.97 Å². The average Bonchev–Trinajstić information content (AvgIpc) is 3.35. The number of amides is 1. The second-order valence-corrected chi connectivity index (χ2v) is 8.45. The highest BCUT2D eigenvalue weighted by molar-refractivity contribution is 7.92. The Morgan fingerprint density at radius 3 is 2.37 bits per heavy atom. The predicted octanol–water partition coefficient (Wildman–Crippen LogP) is 2.45. The van der Waals surface area contributed by atoms with E-state index in [9.17, 15) is 23.1 Å². The highest BCUT2D eigenvalue weighted by Crippen LogP contribution is 2.36. The molecule has 7 nitrogen and oxygen atoms in total. The number of carbonyl (C=O) groups is 2. The average molecular weight is 388 g/mol. The second kappa shape index (κ2) is 6.70. The van der Waals surface area contributed by atoms with Crippen molar-refractivity contribution in [2.45, 2.75) is 37.1 Å². The number of anilines is 1. The molecule has 0 radical (unpaired) electrons. The van der Waals surface area contributed by atoms with Crippen LogP contribution >= 0.6 is 0 Å². The van der Waals surface area contributed by atoms with Gasteiger partial charge in [-0.25, -0.2) is 13.2 Å². The van der Waals surface area contributed by atoms with E-state index in [0.29, 0.717) is 24.1 Å². The van der Waals surface area contributed by atoms with Gasteiger partial charge in [-0.15, -0.1) is 0 Å². The first-order valence-corrected chi connectivity index (χ1v) is 9.87. The Hall–Kier alpha value is -2.87. The van der Waals surface area contributed by atoms with Gasteiger partial charge in [0.05, 0.1) is 4.90 Å². The predicted molar refractivity (Wildman–Crippen MR) is 100 cm³/mol. The summed E-state index contributed by atoms with van der Waals surface area (Å²) >= 11 is 0. The summed E-state index contributed by atoms with van der Waals surface area (Å²) in [7, 11) is -3.91. The lowest BCUT2D eigenvalue weighted by molar-refractivity contribution is -0.140. The van der Waals surface area contributed by atoms with Crippen molar-refractivity contribution in [1.82, 2.24) is 5.32 Å². The number of hydrogen-bond acceptors (Lipinski definition) is 4. The normalized spacial score (nSPS) is 15.0. The van der Waals surface area contributed by atoms with Crippen molar-refractivity contribution >= 4 is 27.6 Å². The van der Waals surface area contributed by atoms with Crippen LogP contribution in [0.4, 0.5) is 5.69 Å². The number of aryl methyl sites for hydroxylation is 2. The largest absolute Gasteiger partial charge is 0.480 e. The molecule has 3 rings (SSSR count). The van der Waals surface area contributed by atoms with Gasteiger partial charge in [0.2, 0.25) is 0 Å². The number of hydrogen-bond donors (Lipinski definition) is 3. The summed E-state index contributed by atoms with van der Waals surface area (Å²) in [4.78, 5) is 23.6. The minimum absolute atomic E-state index is 0.0307. The molecule has 0 bridgehead atoms. The minimum atomic E-state index is -3.91. The van der Waals surface area contributed by atoms with Gasteiger partial charge in [0.15, 0.2) is 0 Å². The standard InChI is InChI=1S/C19H20N2O5S/c1-12-4-3-5-15(10-12)21-27(25,26)16-11-14(7-6-13(16)2)17(22)20-19(8-9-19)18(23)24/h3-7,10-11,21H,8-9H2,1-2H3,(H,20,22)(H,23,24). The maximum absolute atomic E-state index is 12.8. The molecule has 8 heteroatoms. The molecule has 0 aromatic heterocycles. The van der Waals surface area contributed by atoms with Gasteiger partial charge < -0.3 is 10.4 Å². The van der Waals surface area contributed by atoms with Crippen LogP contribution in [-0.2, 0) is 14.8 Å². The number of carboxylic acid groups (broad SMARTS) is 1. The topological polar surface area (TPSA) is 113 Å². The van der Waals surface area contributed by atoms with Crippen molar-refractivity contribution < 1.29 is 23.1 Å². The summed E-state index contributed by atoms with van der Waals surface area (Å²) in [6.45, 7) is 3.48. The molecule has 0 heterocycles. The van der Waals surface area contributed by atoms with Crippen LogP contribution in [0.25, 0.3) is 0 Å². The smallest absolute Gasteiger partial charge is 0.329 e. The van der Waals surface area contributed by atoms with Gasteiger partial charge in [0.1, 0.15) is 5.54 Å². The molecule has 1 saturated carbocycles. The molecule has 2 aromatic rings. The van der Waals surface area contributed by atoms with Crippen LogP contribution < -0.4 is 10.0 Å². The molecule has 0 aliphatic heterocycles. The first kappa shape index (κ1) is 18.9. The molecule has 2 aromatic carbocycles. The van der Waals surface area contributed by atoms with Crippen LogP contribution in [-0.4, -0.2) is 30.9 Å². The molecule has 1 aliphatic carbocycles. The number of sulfonamides is 1. The van der Waals surface area contributed by atoms with Crippen molar-refractivity contribution in [3.8, 4) is 0 Å². The summed E-state index contributed by atoms with van der Waals surface area (Å²) in [5, 5.41) is 11.7. The molecule has 1 aliphatic rings. The number of nitrogens with one attached hydrogen (secondary N) is 2. The van der Waals surface area contributed by atoms with E-state index >= 15 is 0 Å². The summed E-state index contributed by atoms with van der Waals surface area (Å²) in [5.41, 5.74) is 0.667. The SMILES string of the molecule is Cc1cccc(NS(=O)(=O)c2cc(C(=O)NC3(C(=O)O)CC3)ccc2C)c1. The van der Waals surface area contributed by atoms with Gasteiger partial charge in [-0.2, -0.15) is 0 Å². The highest BCUT2D eigenvalue weighted by atomic mass is 32.2. The van der Waals surface area contributed by atoms with Gasteiger partial charge in [-0.3, -0.25) is 9.52 Å². The lowest BCUT2D eigenvalue weighted by Crippen LogP contribution is -2.43. The third-order valence-corrected chi connectivity index (χ3v) is 6.05. The van der Waals surface area contributed by atoms with E-state index in [1.807, 2.05) is 13.0 Å². The zero-order valence-electron chi connectivity index (χ0n) is 14.9. The molecule has 142 valence electrons. The fraction of sp³-hybridized carbons (Fsp3) is 0.263. The van der Waals surface area contributed by atoms with Gasteiger partial charge in [-0.1, -0.05) is 18.2 Å². The molecule has 1 amide bonds. The first-order chi connectivity index (χ1) is 12.6. The number of carboxylic acids is 1. The monoisotopic (exact) mass is 388 g/mol. The van der Waals surface area contributed by atoms with Crippen LogP contribution in [0.3, 0.4) is 0 Å². The van der Waals surface area contributed by atoms with Gasteiger partial charge in [-0.05, 0) is 62.1 Å². The summed E-state index contributed by atoms with van der Waals surface area (Å²) in [6.07, 6.45) is 0.722. The van der Waals surface area contributed by atoms with Crippen LogP contribution in [0.5, 0.6) is 0 Å². The van der Waals surface area contributed by atoms with Crippen molar-refractivity contribution in [3.05, 3.63) is 59.2 Å². The van der Waals surface area contributed by atoms with Gasteiger partial charge in [0, 0.05) is 11.3 Å². The van der Waals surface area contributed by atoms with Crippen molar-refractivity contribution in [3.63, 3.8) is 0 Å². The van der Waals surface area contributed by atoms with Crippen LogP contribution in [0.1, 0.15) is 34.3 Å². The second-order valence-electron chi connectivity index (χ2n) is 6.80. The molecular weight excluding hydrogens is 368 g/mol. The Bertz CT molecular complexity index is 1030. The summed E-state index contributed by atoms with van der Waals surface area (Å²) in [5.74, 6) is -1.70. The molecular formula is C19H20N2O5S. The lowest BCUT2D eigenvalue weighted by atomic mass is 10.1. The summed E-state index contributed by atoms with van der Waals surface area (Å²) in [6, 6.07) is 11.2.